The number of carboxylic acid groups (broad SMARTS) is 1. The van der Waals surface area contributed by atoms with Crippen LogP contribution in [-0.4, -0.2) is 32.4 Å². The van der Waals surface area contributed by atoms with E-state index in [0.29, 0.717) is 11.4 Å². The smallest absolute Gasteiger partial charge is 0.321 e. The van der Waals surface area contributed by atoms with Crippen molar-refractivity contribution in [1.29, 1.82) is 0 Å². The van der Waals surface area contributed by atoms with E-state index in [2.05, 4.69) is 10.1 Å². The van der Waals surface area contributed by atoms with Crippen molar-refractivity contribution < 1.29 is 19.5 Å². The topological polar surface area (TPSA) is 122 Å². The largest absolute Gasteiger partial charge is 0.508 e. The second-order valence-electron chi connectivity index (χ2n) is 3.71. The Kier molecular flexibility index (Phi) is 3.24. The number of nitrogens with two attached hydrogens (primary N) is 1. The van der Waals surface area contributed by atoms with Gasteiger partial charge in [-0.25, -0.2) is 0 Å². The van der Waals surface area contributed by atoms with E-state index in [4.69, 9.17) is 20.5 Å². The lowest BCUT2D eigenvalue weighted by Gasteiger charge is -2.00. The van der Waals surface area contributed by atoms with Crippen LogP contribution in [0.1, 0.15) is 5.89 Å². The van der Waals surface area contributed by atoms with Gasteiger partial charge in [0.2, 0.25) is 11.7 Å². The normalized spacial score (nSPS) is 12.3. The van der Waals surface area contributed by atoms with Gasteiger partial charge < -0.3 is 20.5 Å². The highest BCUT2D eigenvalue weighted by atomic mass is 16.5. The predicted octanol–water partition coefficient (Wildman–Crippen LogP) is 0.397. The Bertz CT molecular complexity index is 550. The van der Waals surface area contributed by atoms with E-state index in [-0.39, 0.29) is 18.1 Å². The van der Waals surface area contributed by atoms with Crippen LogP contribution in [0.3, 0.4) is 0 Å². The molecular formula is C11H11N3O4. The van der Waals surface area contributed by atoms with Gasteiger partial charge in [-0.05, 0) is 24.3 Å². The van der Waals surface area contributed by atoms with E-state index in [0.717, 1.165) is 0 Å². The van der Waals surface area contributed by atoms with Crippen molar-refractivity contribution in [2.75, 3.05) is 0 Å². The molecule has 0 amide bonds. The molecule has 0 saturated carbocycles. The van der Waals surface area contributed by atoms with Crippen LogP contribution in [0, 0.1) is 0 Å². The highest BCUT2D eigenvalue weighted by Crippen LogP contribution is 2.19. The van der Waals surface area contributed by atoms with Gasteiger partial charge in [0.1, 0.15) is 11.8 Å². The van der Waals surface area contributed by atoms with Crippen molar-refractivity contribution in [3.63, 3.8) is 0 Å². The maximum atomic E-state index is 10.6. The van der Waals surface area contributed by atoms with E-state index in [1.165, 1.54) is 12.1 Å². The first kappa shape index (κ1) is 12.1. The molecule has 0 aliphatic carbocycles. The van der Waals surface area contributed by atoms with Gasteiger partial charge in [0, 0.05) is 5.56 Å². The van der Waals surface area contributed by atoms with Crippen LogP contribution in [0.4, 0.5) is 0 Å². The van der Waals surface area contributed by atoms with Gasteiger partial charge in [0.15, 0.2) is 0 Å². The van der Waals surface area contributed by atoms with E-state index >= 15 is 0 Å². The minimum absolute atomic E-state index is 0.0274. The van der Waals surface area contributed by atoms with Gasteiger partial charge in [-0.15, -0.1) is 0 Å². The first-order valence-corrected chi connectivity index (χ1v) is 5.16. The number of rotatable bonds is 4. The summed E-state index contributed by atoms with van der Waals surface area (Å²) in [5.74, 6) is -0.509. The van der Waals surface area contributed by atoms with Gasteiger partial charge in [0.05, 0.1) is 6.42 Å². The Hall–Kier alpha value is -2.41. The number of aromatic hydroxyl groups is 1. The SMILES string of the molecule is NC(Cc1nc(-c2ccc(O)cc2)no1)C(=O)O. The molecule has 2 aromatic rings. The van der Waals surface area contributed by atoms with Gasteiger partial charge in [-0.1, -0.05) is 5.16 Å². The molecule has 1 atom stereocenters. The highest BCUT2D eigenvalue weighted by molar-refractivity contribution is 5.73. The summed E-state index contributed by atoms with van der Waals surface area (Å²) in [4.78, 5) is 14.6. The number of aliphatic carboxylic acids is 1. The monoisotopic (exact) mass is 249 g/mol. The molecule has 0 fully saturated rings. The third-order valence-electron chi connectivity index (χ3n) is 2.31. The number of nitrogens with zero attached hydrogens (tertiary/aromatic N) is 2. The van der Waals surface area contributed by atoms with Crippen molar-refractivity contribution in [3.8, 4) is 17.1 Å². The molecule has 2 rings (SSSR count). The number of aromatic nitrogens is 2. The summed E-state index contributed by atoms with van der Waals surface area (Å²) in [5.41, 5.74) is 6.01. The fraction of sp³-hybridized carbons (Fsp3) is 0.182. The number of benzene rings is 1. The molecule has 4 N–H and O–H groups in total. The first-order chi connectivity index (χ1) is 8.56. The molecule has 18 heavy (non-hydrogen) atoms. The van der Waals surface area contributed by atoms with Gasteiger partial charge in [-0.2, -0.15) is 4.98 Å². The van der Waals surface area contributed by atoms with Crippen LogP contribution in [-0.2, 0) is 11.2 Å². The molecule has 7 nitrogen and oxygen atoms in total. The molecule has 7 heteroatoms. The molecule has 1 unspecified atom stereocenters. The zero-order valence-electron chi connectivity index (χ0n) is 9.28. The lowest BCUT2D eigenvalue weighted by Crippen LogP contribution is -2.32. The Balaban J connectivity index is 2.15. The van der Waals surface area contributed by atoms with Crippen molar-refractivity contribution >= 4 is 5.97 Å². The Morgan fingerprint density at radius 2 is 2.06 bits per heavy atom. The molecule has 0 spiro atoms. The number of hydrogen-bond acceptors (Lipinski definition) is 6. The van der Waals surface area contributed by atoms with Crippen molar-refractivity contribution in [2.45, 2.75) is 12.5 Å². The van der Waals surface area contributed by atoms with E-state index in [9.17, 15) is 4.79 Å². The van der Waals surface area contributed by atoms with E-state index < -0.39 is 12.0 Å². The second-order valence-corrected chi connectivity index (χ2v) is 3.71. The fourth-order valence-electron chi connectivity index (χ4n) is 1.34. The Morgan fingerprint density at radius 3 is 2.67 bits per heavy atom. The van der Waals surface area contributed by atoms with Crippen molar-refractivity contribution in [3.05, 3.63) is 30.2 Å². The number of carboxylic acids is 1. The second kappa shape index (κ2) is 4.84. The van der Waals surface area contributed by atoms with Crippen LogP contribution in [0.25, 0.3) is 11.4 Å². The summed E-state index contributed by atoms with van der Waals surface area (Å²) in [6.07, 6.45) is -0.0274. The predicted molar refractivity (Wildman–Crippen MR) is 60.7 cm³/mol. The standard InChI is InChI=1S/C11H11N3O4/c12-8(11(16)17)5-9-13-10(14-18-9)6-1-3-7(15)4-2-6/h1-4,8,15H,5,12H2,(H,16,17). The molecule has 0 radical (unpaired) electrons. The summed E-state index contributed by atoms with van der Waals surface area (Å²) in [6, 6.07) is 5.17. The quantitative estimate of drug-likeness (QED) is 0.716. The highest BCUT2D eigenvalue weighted by Gasteiger charge is 2.17. The van der Waals surface area contributed by atoms with Gasteiger partial charge in [0.25, 0.3) is 0 Å². The number of phenols is 1. The molecule has 1 aromatic carbocycles. The minimum atomic E-state index is -1.13. The van der Waals surface area contributed by atoms with E-state index in [1.54, 1.807) is 12.1 Å². The van der Waals surface area contributed by atoms with Crippen LogP contribution in [0.2, 0.25) is 0 Å². The zero-order chi connectivity index (χ0) is 13.1. The molecule has 0 saturated heterocycles. The average Bonchev–Trinajstić information content (AvgIpc) is 2.78. The van der Waals surface area contributed by atoms with Crippen LogP contribution >= 0.6 is 0 Å². The average molecular weight is 249 g/mol. The lowest BCUT2D eigenvalue weighted by atomic mass is 10.2. The van der Waals surface area contributed by atoms with E-state index in [1.807, 2.05) is 0 Å². The summed E-state index contributed by atoms with van der Waals surface area (Å²) in [7, 11) is 0. The molecule has 1 heterocycles. The maximum absolute atomic E-state index is 10.6. The molecule has 1 aromatic heterocycles. The summed E-state index contributed by atoms with van der Waals surface area (Å²) in [6.45, 7) is 0. The van der Waals surface area contributed by atoms with Gasteiger partial charge in [-0.3, -0.25) is 4.79 Å². The van der Waals surface area contributed by atoms with Gasteiger partial charge >= 0.3 is 5.97 Å². The molecule has 0 aliphatic rings. The zero-order valence-corrected chi connectivity index (χ0v) is 9.28. The number of hydrogen-bond donors (Lipinski definition) is 3. The summed E-state index contributed by atoms with van der Waals surface area (Å²) in [5, 5.41) is 21.5. The Labute approximate surface area is 102 Å². The van der Waals surface area contributed by atoms with Crippen LogP contribution in [0.5, 0.6) is 5.75 Å². The first-order valence-electron chi connectivity index (χ1n) is 5.16. The lowest BCUT2D eigenvalue weighted by molar-refractivity contribution is -0.138. The van der Waals surface area contributed by atoms with Crippen molar-refractivity contribution in [2.24, 2.45) is 5.73 Å². The third kappa shape index (κ3) is 2.64. The molecule has 94 valence electrons. The molecule has 0 bridgehead atoms. The summed E-state index contributed by atoms with van der Waals surface area (Å²) < 4.78 is 4.90. The number of carbonyl (C=O) groups is 1. The molecular weight excluding hydrogens is 238 g/mol. The van der Waals surface area contributed by atoms with Crippen molar-refractivity contribution in [1.82, 2.24) is 10.1 Å². The fourth-order valence-corrected chi connectivity index (χ4v) is 1.34. The summed E-state index contributed by atoms with van der Waals surface area (Å²) >= 11 is 0. The third-order valence-corrected chi connectivity index (χ3v) is 2.31. The molecule has 0 aliphatic heterocycles. The minimum Gasteiger partial charge on any atom is -0.508 e. The Morgan fingerprint density at radius 1 is 1.39 bits per heavy atom. The number of phenolic OH excluding ortho intramolecular Hbond substituents is 1. The maximum Gasteiger partial charge on any atom is 0.321 e. The van der Waals surface area contributed by atoms with Crippen LogP contribution < -0.4 is 5.73 Å². The van der Waals surface area contributed by atoms with Crippen LogP contribution in [0.15, 0.2) is 28.8 Å².